The van der Waals surface area contributed by atoms with Crippen LogP contribution < -0.4 is 0 Å². The highest BCUT2D eigenvalue weighted by atomic mass is 127. The van der Waals surface area contributed by atoms with E-state index >= 15 is 0 Å². The molecule has 1 aromatic heterocycles. The highest BCUT2D eigenvalue weighted by Gasteiger charge is 2.28. The van der Waals surface area contributed by atoms with Gasteiger partial charge in [-0.3, -0.25) is 4.68 Å². The fourth-order valence-electron chi connectivity index (χ4n) is 1.08. The summed E-state index contributed by atoms with van der Waals surface area (Å²) >= 11 is 5.06. The third-order valence-corrected chi connectivity index (χ3v) is 3.94. The lowest BCUT2D eigenvalue weighted by Gasteiger charge is -2.22. The van der Waals surface area contributed by atoms with Gasteiger partial charge < -0.3 is 0 Å². The Kier molecular flexibility index (Phi) is 3.56. The minimum absolute atomic E-state index is 0.0538. The maximum Gasteiger partial charge on any atom is 0.281 e. The molecule has 0 atom stereocenters. The van der Waals surface area contributed by atoms with Crippen LogP contribution in [-0.2, 0) is 5.54 Å². The van der Waals surface area contributed by atoms with Crippen molar-refractivity contribution in [3.63, 3.8) is 0 Å². The molecule has 0 N–H and O–H groups in total. The average Bonchev–Trinajstić information content (AvgIpc) is 2.27. The van der Waals surface area contributed by atoms with Crippen molar-refractivity contribution in [2.45, 2.75) is 32.7 Å². The van der Waals surface area contributed by atoms with Crippen LogP contribution in [0.4, 0.5) is 8.78 Å². The Morgan fingerprint density at radius 3 is 2.21 bits per heavy atom. The lowest BCUT2D eigenvalue weighted by Crippen LogP contribution is -2.25. The van der Waals surface area contributed by atoms with Crippen molar-refractivity contribution in [3.05, 3.63) is 13.9 Å². The summed E-state index contributed by atoms with van der Waals surface area (Å²) in [7, 11) is 0. The summed E-state index contributed by atoms with van der Waals surface area (Å²) in [6, 6.07) is 0. The number of hydrogen-bond acceptors (Lipinski definition) is 1. The SMILES string of the molecule is CC(C)(C)n1nc(I)c(Br)c1C(F)F. The van der Waals surface area contributed by atoms with Crippen LogP contribution >= 0.6 is 38.5 Å². The quantitative estimate of drug-likeness (QED) is 0.677. The summed E-state index contributed by atoms with van der Waals surface area (Å²) in [5, 5.41) is 4.08. The topological polar surface area (TPSA) is 17.8 Å². The van der Waals surface area contributed by atoms with Crippen LogP contribution in [0.1, 0.15) is 32.9 Å². The summed E-state index contributed by atoms with van der Waals surface area (Å²) in [6.45, 7) is 5.52. The van der Waals surface area contributed by atoms with Gasteiger partial charge in [0.1, 0.15) is 9.39 Å². The van der Waals surface area contributed by atoms with E-state index in [1.165, 1.54) is 4.68 Å². The second-order valence-electron chi connectivity index (χ2n) is 3.87. The number of halogens is 4. The molecule has 6 heteroatoms. The molecule has 1 aromatic rings. The van der Waals surface area contributed by atoms with Crippen molar-refractivity contribution in [3.8, 4) is 0 Å². The Hall–Kier alpha value is 0.280. The molecule has 0 fully saturated rings. The van der Waals surface area contributed by atoms with Gasteiger partial charge in [0.05, 0.1) is 10.0 Å². The molecule has 1 rings (SSSR count). The normalized spacial score (nSPS) is 12.6. The van der Waals surface area contributed by atoms with Crippen molar-refractivity contribution in [1.82, 2.24) is 9.78 Å². The summed E-state index contributed by atoms with van der Waals surface area (Å²) in [6.07, 6.45) is -2.51. The van der Waals surface area contributed by atoms with E-state index in [-0.39, 0.29) is 5.69 Å². The van der Waals surface area contributed by atoms with E-state index in [9.17, 15) is 8.78 Å². The number of hydrogen-bond donors (Lipinski definition) is 0. The largest absolute Gasteiger partial charge is 0.281 e. The summed E-state index contributed by atoms with van der Waals surface area (Å²) < 4.78 is 27.8. The summed E-state index contributed by atoms with van der Waals surface area (Å²) in [5.74, 6) is 0. The van der Waals surface area contributed by atoms with Crippen molar-refractivity contribution in [2.24, 2.45) is 0 Å². The zero-order chi connectivity index (χ0) is 11.1. The van der Waals surface area contributed by atoms with Gasteiger partial charge in [0.15, 0.2) is 0 Å². The lowest BCUT2D eigenvalue weighted by atomic mass is 10.1. The monoisotopic (exact) mass is 378 g/mol. The smallest absolute Gasteiger partial charge is 0.256 e. The Morgan fingerprint density at radius 1 is 1.43 bits per heavy atom. The summed E-state index contributed by atoms with van der Waals surface area (Å²) in [5.41, 5.74) is -0.487. The Bertz CT molecular complexity index is 344. The zero-order valence-electron chi connectivity index (χ0n) is 7.98. The molecule has 0 saturated carbocycles. The van der Waals surface area contributed by atoms with E-state index in [1.807, 2.05) is 43.4 Å². The number of aromatic nitrogens is 2. The first kappa shape index (κ1) is 12.4. The van der Waals surface area contributed by atoms with Crippen molar-refractivity contribution >= 4 is 38.5 Å². The third kappa shape index (κ3) is 2.26. The number of alkyl halides is 2. The molecule has 14 heavy (non-hydrogen) atoms. The first-order chi connectivity index (χ1) is 6.25. The molecule has 0 aromatic carbocycles. The average molecular weight is 379 g/mol. The van der Waals surface area contributed by atoms with Crippen LogP contribution in [0.15, 0.2) is 4.47 Å². The van der Waals surface area contributed by atoms with Gasteiger partial charge in [0, 0.05) is 0 Å². The Morgan fingerprint density at radius 2 is 1.93 bits per heavy atom. The van der Waals surface area contributed by atoms with Crippen LogP contribution in [-0.4, -0.2) is 9.78 Å². The maximum absolute atomic E-state index is 12.7. The standard InChI is InChI=1S/C8H10BrF2IN2/c1-8(2,3)14-5(6(10)11)4(9)7(12)13-14/h6H,1-3H3. The van der Waals surface area contributed by atoms with Crippen molar-refractivity contribution in [2.75, 3.05) is 0 Å². The summed E-state index contributed by atoms with van der Waals surface area (Å²) in [4.78, 5) is 0. The maximum atomic E-state index is 12.7. The minimum Gasteiger partial charge on any atom is -0.256 e. The Labute approximate surface area is 103 Å². The molecule has 0 spiro atoms. The molecule has 1 heterocycles. The molecule has 0 saturated heterocycles. The highest BCUT2D eigenvalue weighted by Crippen LogP contribution is 2.34. The molecule has 0 aliphatic carbocycles. The second-order valence-corrected chi connectivity index (χ2v) is 5.69. The van der Waals surface area contributed by atoms with E-state index in [1.54, 1.807) is 0 Å². The molecule has 2 nitrogen and oxygen atoms in total. The van der Waals surface area contributed by atoms with Crippen LogP contribution in [0.3, 0.4) is 0 Å². The molecule has 0 aliphatic rings. The van der Waals surface area contributed by atoms with Crippen LogP contribution in [0.2, 0.25) is 0 Å². The van der Waals surface area contributed by atoms with Crippen molar-refractivity contribution in [1.29, 1.82) is 0 Å². The molecular weight excluding hydrogens is 369 g/mol. The van der Waals surface area contributed by atoms with Gasteiger partial charge in [-0.1, -0.05) is 0 Å². The fraction of sp³-hybridized carbons (Fsp3) is 0.625. The third-order valence-electron chi connectivity index (χ3n) is 1.66. The van der Waals surface area contributed by atoms with Gasteiger partial charge in [0.2, 0.25) is 0 Å². The zero-order valence-corrected chi connectivity index (χ0v) is 11.7. The lowest BCUT2D eigenvalue weighted by molar-refractivity contribution is 0.129. The number of rotatable bonds is 1. The van der Waals surface area contributed by atoms with E-state index in [0.717, 1.165) is 0 Å². The van der Waals surface area contributed by atoms with Gasteiger partial charge in [-0.15, -0.1) is 0 Å². The van der Waals surface area contributed by atoms with Crippen molar-refractivity contribution < 1.29 is 8.78 Å². The first-order valence-corrected chi connectivity index (χ1v) is 5.85. The van der Waals surface area contributed by atoms with Crippen LogP contribution in [0.25, 0.3) is 0 Å². The van der Waals surface area contributed by atoms with Gasteiger partial charge in [-0.25, -0.2) is 8.78 Å². The van der Waals surface area contributed by atoms with Gasteiger partial charge in [-0.2, -0.15) is 5.10 Å². The van der Waals surface area contributed by atoms with E-state index in [4.69, 9.17) is 0 Å². The Balaban J connectivity index is 3.37. The highest BCUT2D eigenvalue weighted by molar-refractivity contribution is 14.1. The second kappa shape index (κ2) is 4.03. The van der Waals surface area contributed by atoms with Crippen LogP contribution in [0, 0.1) is 3.70 Å². The van der Waals surface area contributed by atoms with E-state index < -0.39 is 12.0 Å². The molecule has 0 aliphatic heterocycles. The molecule has 0 bridgehead atoms. The molecule has 0 radical (unpaired) electrons. The molecule has 0 amide bonds. The van der Waals surface area contributed by atoms with E-state index in [2.05, 4.69) is 21.0 Å². The molecule has 80 valence electrons. The van der Waals surface area contributed by atoms with E-state index in [0.29, 0.717) is 8.17 Å². The minimum atomic E-state index is -2.51. The van der Waals surface area contributed by atoms with Gasteiger partial charge in [-0.05, 0) is 59.3 Å². The fourth-order valence-corrected chi connectivity index (χ4v) is 2.00. The van der Waals surface area contributed by atoms with Gasteiger partial charge >= 0.3 is 0 Å². The molecule has 0 unspecified atom stereocenters. The van der Waals surface area contributed by atoms with Crippen LogP contribution in [0.5, 0.6) is 0 Å². The molecular formula is C8H10BrF2IN2. The predicted molar refractivity (Wildman–Crippen MR) is 62.6 cm³/mol. The van der Waals surface area contributed by atoms with Gasteiger partial charge in [0.25, 0.3) is 6.43 Å². The predicted octanol–water partition coefficient (Wildman–Crippen LogP) is 3.94. The number of nitrogens with zero attached hydrogens (tertiary/aromatic N) is 2. The first-order valence-electron chi connectivity index (χ1n) is 3.97.